The molecule has 142 valence electrons. The normalized spacial score (nSPS) is 17.6. The van der Waals surface area contributed by atoms with E-state index in [1.807, 2.05) is 47.4 Å². The molecule has 1 unspecified atom stereocenters. The highest BCUT2D eigenvalue weighted by Gasteiger charge is 2.28. The van der Waals surface area contributed by atoms with E-state index >= 15 is 0 Å². The second-order valence-electron chi connectivity index (χ2n) is 6.81. The maximum Gasteiger partial charge on any atom is 0.338 e. The van der Waals surface area contributed by atoms with E-state index in [2.05, 4.69) is 28.1 Å². The molecular formula is C21H25BrN4O. The lowest BCUT2D eigenvalue weighted by atomic mass is 9.96. The van der Waals surface area contributed by atoms with Gasteiger partial charge in [-0.15, -0.1) is 0 Å². The lowest BCUT2D eigenvalue weighted by Crippen LogP contribution is -2.51. The number of carbonyl (C=O) groups excluding carboxylic acids is 1. The highest BCUT2D eigenvalue weighted by molar-refractivity contribution is 9.10. The van der Waals surface area contributed by atoms with Crippen LogP contribution < -0.4 is 11.6 Å². The maximum absolute atomic E-state index is 12.9. The molecule has 2 amide bonds. The SMILES string of the molecule is N/C(=C\N(N)C(=O)N1CCCCC1Cc1ccccc1)c1ccc(Br)cc1. The fourth-order valence-corrected chi connectivity index (χ4v) is 3.69. The zero-order valence-corrected chi connectivity index (χ0v) is 16.8. The summed E-state index contributed by atoms with van der Waals surface area (Å²) in [5.41, 5.74) is 8.63. The Morgan fingerprint density at radius 3 is 2.56 bits per heavy atom. The molecule has 6 heteroatoms. The van der Waals surface area contributed by atoms with E-state index in [-0.39, 0.29) is 12.1 Å². The van der Waals surface area contributed by atoms with Crippen LogP contribution >= 0.6 is 15.9 Å². The standard InChI is InChI=1S/C21H25BrN4O/c22-18-11-9-17(10-12-18)20(23)15-26(24)21(27)25-13-5-4-8-19(25)14-16-6-2-1-3-7-16/h1-3,6-7,9-12,15,19H,4-5,8,13-14,23-24H2/b20-15-. The zero-order valence-electron chi connectivity index (χ0n) is 15.2. The maximum atomic E-state index is 12.9. The van der Waals surface area contributed by atoms with E-state index in [1.165, 1.54) is 11.8 Å². The van der Waals surface area contributed by atoms with Gasteiger partial charge in [0.15, 0.2) is 0 Å². The molecule has 27 heavy (non-hydrogen) atoms. The summed E-state index contributed by atoms with van der Waals surface area (Å²) in [6.45, 7) is 0.718. The topological polar surface area (TPSA) is 75.6 Å². The van der Waals surface area contributed by atoms with Gasteiger partial charge >= 0.3 is 6.03 Å². The van der Waals surface area contributed by atoms with Crippen molar-refractivity contribution in [1.82, 2.24) is 9.91 Å². The molecule has 1 atom stereocenters. The average molecular weight is 429 g/mol. The van der Waals surface area contributed by atoms with E-state index in [0.717, 1.165) is 47.3 Å². The molecule has 2 aromatic rings. The number of hydrogen-bond acceptors (Lipinski definition) is 3. The van der Waals surface area contributed by atoms with Crippen LogP contribution in [0.25, 0.3) is 5.70 Å². The highest BCUT2D eigenvalue weighted by Crippen LogP contribution is 2.22. The number of carbonyl (C=O) groups is 1. The predicted molar refractivity (Wildman–Crippen MR) is 112 cm³/mol. The first kappa shape index (κ1) is 19.5. The van der Waals surface area contributed by atoms with Gasteiger partial charge < -0.3 is 10.6 Å². The van der Waals surface area contributed by atoms with E-state index in [9.17, 15) is 4.79 Å². The lowest BCUT2D eigenvalue weighted by molar-refractivity contribution is 0.127. The second-order valence-corrected chi connectivity index (χ2v) is 7.73. The van der Waals surface area contributed by atoms with Crippen molar-refractivity contribution in [1.29, 1.82) is 0 Å². The van der Waals surface area contributed by atoms with Crippen LogP contribution in [0.5, 0.6) is 0 Å². The molecule has 0 radical (unpaired) electrons. The van der Waals surface area contributed by atoms with Crippen molar-refractivity contribution in [3.05, 3.63) is 76.4 Å². The fourth-order valence-electron chi connectivity index (χ4n) is 3.42. The Bertz CT molecular complexity index is 792. The van der Waals surface area contributed by atoms with Crippen molar-refractivity contribution in [2.45, 2.75) is 31.7 Å². The van der Waals surface area contributed by atoms with Gasteiger partial charge in [0, 0.05) is 23.3 Å². The van der Waals surface area contributed by atoms with Gasteiger partial charge in [0.05, 0.1) is 5.70 Å². The predicted octanol–water partition coefficient (Wildman–Crippen LogP) is 4.10. The summed E-state index contributed by atoms with van der Waals surface area (Å²) >= 11 is 3.40. The monoisotopic (exact) mass is 428 g/mol. The molecule has 0 saturated carbocycles. The number of benzene rings is 2. The number of likely N-dealkylation sites (tertiary alicyclic amines) is 1. The Kier molecular flexibility index (Phi) is 6.53. The molecule has 1 heterocycles. The van der Waals surface area contributed by atoms with E-state index < -0.39 is 0 Å². The van der Waals surface area contributed by atoms with Gasteiger partial charge in [-0.3, -0.25) is 0 Å². The molecule has 0 aliphatic carbocycles. The lowest BCUT2D eigenvalue weighted by Gasteiger charge is -2.37. The summed E-state index contributed by atoms with van der Waals surface area (Å²) in [5, 5.41) is 1.11. The number of urea groups is 1. The number of rotatable bonds is 4. The van der Waals surface area contributed by atoms with Crippen LogP contribution in [0.2, 0.25) is 0 Å². The summed E-state index contributed by atoms with van der Waals surface area (Å²) in [4.78, 5) is 14.8. The third kappa shape index (κ3) is 5.11. The number of nitrogens with two attached hydrogens (primary N) is 2. The average Bonchev–Trinajstić information content (AvgIpc) is 2.69. The van der Waals surface area contributed by atoms with Gasteiger partial charge in [0.25, 0.3) is 0 Å². The van der Waals surface area contributed by atoms with Gasteiger partial charge in [0.1, 0.15) is 0 Å². The molecule has 1 aliphatic heterocycles. The minimum absolute atomic E-state index is 0.155. The Balaban J connectivity index is 1.71. The number of halogens is 1. The summed E-state index contributed by atoms with van der Waals surface area (Å²) in [6.07, 6.45) is 5.45. The molecule has 4 N–H and O–H groups in total. The van der Waals surface area contributed by atoms with Gasteiger partial charge in [0.2, 0.25) is 0 Å². The minimum Gasteiger partial charge on any atom is -0.397 e. The number of piperidine rings is 1. The van der Waals surface area contributed by atoms with Gasteiger partial charge in [-0.05, 0) is 48.9 Å². The number of amides is 2. The molecule has 5 nitrogen and oxygen atoms in total. The first-order valence-corrected chi connectivity index (χ1v) is 9.95. The van der Waals surface area contributed by atoms with Gasteiger partial charge in [-0.2, -0.15) is 0 Å². The van der Waals surface area contributed by atoms with Crippen molar-refractivity contribution in [3.8, 4) is 0 Å². The molecule has 2 aromatic carbocycles. The van der Waals surface area contributed by atoms with E-state index in [4.69, 9.17) is 11.6 Å². The summed E-state index contributed by atoms with van der Waals surface area (Å²) < 4.78 is 0.969. The second kappa shape index (κ2) is 9.06. The van der Waals surface area contributed by atoms with Crippen molar-refractivity contribution < 1.29 is 4.79 Å². The van der Waals surface area contributed by atoms with E-state index in [1.54, 1.807) is 0 Å². The fraction of sp³-hybridized carbons (Fsp3) is 0.286. The zero-order chi connectivity index (χ0) is 19.2. The third-order valence-electron chi connectivity index (χ3n) is 4.86. The minimum atomic E-state index is -0.212. The Morgan fingerprint density at radius 1 is 1.15 bits per heavy atom. The van der Waals surface area contributed by atoms with Crippen molar-refractivity contribution in [2.75, 3.05) is 6.54 Å². The Labute approximate surface area is 168 Å². The first-order chi connectivity index (χ1) is 13.0. The molecule has 1 aliphatic rings. The van der Waals surface area contributed by atoms with Crippen molar-refractivity contribution in [2.24, 2.45) is 11.6 Å². The Morgan fingerprint density at radius 2 is 1.85 bits per heavy atom. The van der Waals surface area contributed by atoms with Crippen LogP contribution in [-0.4, -0.2) is 28.5 Å². The quantitative estimate of drug-likeness (QED) is 0.437. The molecule has 0 bridgehead atoms. The first-order valence-electron chi connectivity index (χ1n) is 9.16. The van der Waals surface area contributed by atoms with Crippen LogP contribution in [0.1, 0.15) is 30.4 Å². The van der Waals surface area contributed by atoms with Crippen molar-refractivity contribution in [3.63, 3.8) is 0 Å². The highest BCUT2D eigenvalue weighted by atomic mass is 79.9. The van der Waals surface area contributed by atoms with Crippen LogP contribution in [0.4, 0.5) is 4.79 Å². The van der Waals surface area contributed by atoms with E-state index in [0.29, 0.717) is 5.70 Å². The Hall–Kier alpha value is -2.31. The summed E-state index contributed by atoms with van der Waals surface area (Å²) in [6, 6.07) is 17.8. The van der Waals surface area contributed by atoms with Crippen LogP contribution in [-0.2, 0) is 6.42 Å². The molecule has 3 rings (SSSR count). The largest absolute Gasteiger partial charge is 0.397 e. The number of hydrogen-bond donors (Lipinski definition) is 2. The molecule has 1 fully saturated rings. The molecule has 0 spiro atoms. The van der Waals surface area contributed by atoms with Gasteiger partial charge in [-0.1, -0.05) is 58.4 Å². The van der Waals surface area contributed by atoms with Crippen molar-refractivity contribution >= 4 is 27.7 Å². The van der Waals surface area contributed by atoms with Crippen LogP contribution in [0.3, 0.4) is 0 Å². The van der Waals surface area contributed by atoms with Gasteiger partial charge in [-0.25, -0.2) is 15.6 Å². The molecule has 1 saturated heterocycles. The van der Waals surface area contributed by atoms with Crippen LogP contribution in [0, 0.1) is 0 Å². The number of hydrazine groups is 1. The summed E-state index contributed by atoms with van der Waals surface area (Å²) in [5.74, 6) is 6.05. The van der Waals surface area contributed by atoms with Crippen LogP contribution in [0.15, 0.2) is 65.3 Å². The molecular weight excluding hydrogens is 404 g/mol. The summed E-state index contributed by atoms with van der Waals surface area (Å²) in [7, 11) is 0. The number of nitrogens with zero attached hydrogens (tertiary/aromatic N) is 2. The molecule has 0 aromatic heterocycles. The third-order valence-corrected chi connectivity index (χ3v) is 5.39. The smallest absolute Gasteiger partial charge is 0.338 e.